The van der Waals surface area contributed by atoms with Gasteiger partial charge in [-0.05, 0) is 38.1 Å². The molecule has 0 spiro atoms. The lowest BCUT2D eigenvalue weighted by atomic mass is 10.3. The normalized spacial score (nSPS) is 11.7. The molecule has 0 saturated heterocycles. The molecule has 0 fully saturated rings. The van der Waals surface area contributed by atoms with Crippen molar-refractivity contribution in [1.82, 2.24) is 19.9 Å². The number of nitrogens with zero attached hydrogens (tertiary/aromatic N) is 4. The van der Waals surface area contributed by atoms with Gasteiger partial charge in [-0.3, -0.25) is 9.36 Å². The van der Waals surface area contributed by atoms with E-state index in [-0.39, 0.29) is 17.8 Å². The van der Waals surface area contributed by atoms with Crippen LogP contribution >= 0.6 is 11.8 Å². The third-order valence-corrected chi connectivity index (χ3v) is 4.99. The van der Waals surface area contributed by atoms with Crippen LogP contribution in [0, 0.1) is 6.92 Å². The summed E-state index contributed by atoms with van der Waals surface area (Å²) in [5.74, 6) is 3.02. The minimum absolute atomic E-state index is 0.148. The Morgan fingerprint density at radius 1 is 1.33 bits per heavy atom. The van der Waals surface area contributed by atoms with Crippen LogP contribution in [0.15, 0.2) is 52.7 Å². The lowest BCUT2D eigenvalue weighted by Crippen LogP contribution is -2.15. The van der Waals surface area contributed by atoms with Crippen LogP contribution in [0.3, 0.4) is 0 Å². The third kappa shape index (κ3) is 5.41. The van der Waals surface area contributed by atoms with E-state index in [1.54, 1.807) is 26.2 Å². The van der Waals surface area contributed by atoms with E-state index >= 15 is 0 Å². The average molecular weight is 430 g/mol. The van der Waals surface area contributed by atoms with Crippen LogP contribution in [0.4, 0.5) is 5.82 Å². The molecule has 0 bridgehead atoms. The number of amides is 1. The smallest absolute Gasteiger partial charge is 0.236 e. The Morgan fingerprint density at radius 2 is 2.07 bits per heavy atom. The van der Waals surface area contributed by atoms with Crippen molar-refractivity contribution >= 4 is 23.5 Å². The van der Waals surface area contributed by atoms with Crippen LogP contribution in [-0.4, -0.2) is 38.7 Å². The van der Waals surface area contributed by atoms with Gasteiger partial charge in [0.1, 0.15) is 17.3 Å². The summed E-state index contributed by atoms with van der Waals surface area (Å²) in [4.78, 5) is 12.2. The first-order valence-electron chi connectivity index (χ1n) is 9.20. The fraction of sp³-hybridized carbons (Fsp3) is 0.300. The van der Waals surface area contributed by atoms with Crippen molar-refractivity contribution < 1.29 is 18.8 Å². The van der Waals surface area contributed by atoms with Crippen molar-refractivity contribution in [2.75, 3.05) is 18.2 Å². The molecule has 0 aliphatic heterocycles. The zero-order chi connectivity index (χ0) is 21.5. The van der Waals surface area contributed by atoms with Gasteiger partial charge in [0.25, 0.3) is 0 Å². The number of ether oxygens (including phenoxy) is 2. The molecule has 0 saturated carbocycles. The maximum absolute atomic E-state index is 12.2. The number of hydrogen-bond donors (Lipinski definition) is 1. The van der Waals surface area contributed by atoms with E-state index in [0.717, 1.165) is 5.75 Å². The Hall–Kier alpha value is -3.27. The molecule has 0 aliphatic rings. The number of anilines is 1. The van der Waals surface area contributed by atoms with Crippen molar-refractivity contribution in [2.24, 2.45) is 0 Å². The summed E-state index contributed by atoms with van der Waals surface area (Å²) >= 11 is 1.27. The lowest BCUT2D eigenvalue weighted by molar-refractivity contribution is -0.113. The molecule has 1 aromatic carbocycles. The maximum Gasteiger partial charge on any atom is 0.236 e. The summed E-state index contributed by atoms with van der Waals surface area (Å²) in [6.45, 7) is 7.93. The highest BCUT2D eigenvalue weighted by molar-refractivity contribution is 7.99. The number of carbonyl (C=O) groups is 1. The predicted octanol–water partition coefficient (Wildman–Crippen LogP) is 3.64. The molecule has 3 rings (SSSR count). The predicted molar refractivity (Wildman–Crippen MR) is 113 cm³/mol. The molecule has 9 nitrogen and oxygen atoms in total. The summed E-state index contributed by atoms with van der Waals surface area (Å²) in [7, 11) is 1.61. The van der Waals surface area contributed by atoms with Gasteiger partial charge in [-0.15, -0.1) is 16.8 Å². The van der Waals surface area contributed by atoms with Gasteiger partial charge in [0.15, 0.2) is 22.9 Å². The number of thioether (sulfide) groups is 1. The van der Waals surface area contributed by atoms with Crippen LogP contribution in [0.1, 0.15) is 24.6 Å². The van der Waals surface area contributed by atoms with Crippen LogP contribution < -0.4 is 14.8 Å². The number of methoxy groups -OCH3 is 1. The molecule has 10 heteroatoms. The highest BCUT2D eigenvalue weighted by Gasteiger charge is 2.20. The van der Waals surface area contributed by atoms with E-state index in [2.05, 4.69) is 27.2 Å². The molecule has 3 aromatic rings. The Morgan fingerprint density at radius 3 is 2.70 bits per heavy atom. The monoisotopic (exact) mass is 429 g/mol. The first-order valence-corrected chi connectivity index (χ1v) is 10.2. The number of hydrogen-bond acceptors (Lipinski definition) is 8. The van der Waals surface area contributed by atoms with Gasteiger partial charge in [-0.1, -0.05) is 23.0 Å². The number of aromatic nitrogens is 4. The molecule has 158 valence electrons. The standard InChI is InChI=1S/C20H23N5O4S/c1-5-10-25-19(14(3)28-16-8-6-15(27-4)7-9-16)22-23-20(25)30-12-18(26)21-17-11-13(2)29-24-17/h5-9,11,14H,1,10,12H2,2-4H3,(H,21,24,26). The number of allylic oxidation sites excluding steroid dienone is 1. The van der Waals surface area contributed by atoms with E-state index < -0.39 is 0 Å². The van der Waals surface area contributed by atoms with Crippen molar-refractivity contribution in [2.45, 2.75) is 31.7 Å². The Balaban J connectivity index is 1.65. The Labute approximate surface area is 178 Å². The second-order valence-electron chi connectivity index (χ2n) is 6.34. The van der Waals surface area contributed by atoms with E-state index in [9.17, 15) is 4.79 Å². The minimum atomic E-state index is -0.355. The topological polar surface area (TPSA) is 104 Å². The lowest BCUT2D eigenvalue weighted by Gasteiger charge is -2.16. The van der Waals surface area contributed by atoms with Gasteiger partial charge in [-0.25, -0.2) is 0 Å². The van der Waals surface area contributed by atoms with Gasteiger partial charge in [0, 0.05) is 12.6 Å². The number of nitrogens with one attached hydrogen (secondary N) is 1. The molecule has 30 heavy (non-hydrogen) atoms. The molecule has 1 unspecified atom stereocenters. The zero-order valence-corrected chi connectivity index (χ0v) is 17.8. The highest BCUT2D eigenvalue weighted by Crippen LogP contribution is 2.26. The van der Waals surface area contributed by atoms with Crippen molar-refractivity contribution in [1.29, 1.82) is 0 Å². The minimum Gasteiger partial charge on any atom is -0.497 e. The molecule has 2 aromatic heterocycles. The highest BCUT2D eigenvalue weighted by atomic mass is 32.2. The first-order chi connectivity index (χ1) is 14.5. The molecule has 1 amide bonds. The molecule has 2 heterocycles. The SMILES string of the molecule is C=CCn1c(SCC(=O)Nc2cc(C)on2)nnc1C(C)Oc1ccc(OC)cc1. The van der Waals surface area contributed by atoms with Crippen molar-refractivity contribution in [3.63, 3.8) is 0 Å². The van der Waals surface area contributed by atoms with Gasteiger partial charge in [-0.2, -0.15) is 0 Å². The molecule has 1 atom stereocenters. The average Bonchev–Trinajstić information content (AvgIpc) is 3.33. The molecule has 0 aliphatic carbocycles. The number of carbonyl (C=O) groups excluding carboxylic acids is 1. The van der Waals surface area contributed by atoms with Crippen LogP contribution in [0.25, 0.3) is 0 Å². The van der Waals surface area contributed by atoms with E-state index in [0.29, 0.717) is 34.9 Å². The maximum atomic E-state index is 12.2. The summed E-state index contributed by atoms with van der Waals surface area (Å²) in [6, 6.07) is 8.96. The number of aryl methyl sites for hydroxylation is 1. The second kappa shape index (κ2) is 9.97. The van der Waals surface area contributed by atoms with Crippen LogP contribution in [0.5, 0.6) is 11.5 Å². The number of benzene rings is 1. The van der Waals surface area contributed by atoms with E-state index in [4.69, 9.17) is 14.0 Å². The first kappa shape index (κ1) is 21.4. The Bertz CT molecular complexity index is 999. The third-order valence-electron chi connectivity index (χ3n) is 4.02. The second-order valence-corrected chi connectivity index (χ2v) is 7.28. The molecule has 0 radical (unpaired) electrons. The summed E-state index contributed by atoms with van der Waals surface area (Å²) in [6.07, 6.45) is 1.39. The van der Waals surface area contributed by atoms with Gasteiger partial charge in [0.2, 0.25) is 5.91 Å². The largest absolute Gasteiger partial charge is 0.497 e. The summed E-state index contributed by atoms with van der Waals surface area (Å²) in [5, 5.41) is 15.5. The van der Waals surface area contributed by atoms with Crippen molar-refractivity contribution in [3.05, 3.63) is 54.6 Å². The van der Waals surface area contributed by atoms with E-state index in [1.807, 2.05) is 35.8 Å². The quantitative estimate of drug-likeness (QED) is 0.385. The fourth-order valence-corrected chi connectivity index (χ4v) is 3.41. The van der Waals surface area contributed by atoms with E-state index in [1.165, 1.54) is 11.8 Å². The summed E-state index contributed by atoms with van der Waals surface area (Å²) in [5.41, 5.74) is 0. The fourth-order valence-electron chi connectivity index (χ4n) is 2.65. The molecule has 1 N–H and O–H groups in total. The van der Waals surface area contributed by atoms with Gasteiger partial charge in [0.05, 0.1) is 12.9 Å². The number of rotatable bonds is 10. The van der Waals surface area contributed by atoms with Crippen LogP contribution in [0.2, 0.25) is 0 Å². The Kier molecular flexibility index (Phi) is 7.12. The van der Waals surface area contributed by atoms with Crippen molar-refractivity contribution in [3.8, 4) is 11.5 Å². The van der Waals surface area contributed by atoms with Gasteiger partial charge >= 0.3 is 0 Å². The molecular formula is C20H23N5O4S. The van der Waals surface area contributed by atoms with Gasteiger partial charge < -0.3 is 19.3 Å². The van der Waals surface area contributed by atoms with Crippen LogP contribution in [-0.2, 0) is 11.3 Å². The summed E-state index contributed by atoms with van der Waals surface area (Å²) < 4.78 is 18.0. The molecular weight excluding hydrogens is 406 g/mol. The zero-order valence-electron chi connectivity index (χ0n) is 17.0.